The molecule has 0 aliphatic heterocycles. The highest BCUT2D eigenvalue weighted by Gasteiger charge is 2.07. The smallest absolute Gasteiger partial charge is 0.131 e. The maximum absolute atomic E-state index is 9.73. The van der Waals surface area contributed by atoms with E-state index in [1.165, 1.54) is 5.56 Å². The Morgan fingerprint density at radius 2 is 1.90 bits per heavy atom. The predicted molar refractivity (Wildman–Crippen MR) is 80.1 cm³/mol. The Balaban J connectivity index is 2.20. The van der Waals surface area contributed by atoms with E-state index in [0.29, 0.717) is 5.75 Å². The third-order valence-corrected chi connectivity index (χ3v) is 3.29. The van der Waals surface area contributed by atoms with Crippen molar-refractivity contribution in [2.45, 2.75) is 6.92 Å². The number of phenolic OH excluding ortho intramolecular Hbond substituents is 1. The lowest BCUT2D eigenvalue weighted by molar-refractivity contribution is 0.412. The highest BCUT2D eigenvalue weighted by atomic mass is 16.5. The van der Waals surface area contributed by atoms with Gasteiger partial charge >= 0.3 is 0 Å². The quantitative estimate of drug-likeness (QED) is 0.763. The fourth-order valence-electron chi connectivity index (χ4n) is 2.32. The summed E-state index contributed by atoms with van der Waals surface area (Å²) in [5, 5.41) is 10.6. The van der Waals surface area contributed by atoms with Crippen molar-refractivity contribution in [1.29, 1.82) is 0 Å². The molecule has 0 fully saturated rings. The van der Waals surface area contributed by atoms with Crippen LogP contribution in [0.25, 0.3) is 22.2 Å². The average Bonchev–Trinajstić information content (AvgIpc) is 2.45. The van der Waals surface area contributed by atoms with Gasteiger partial charge in [-0.3, -0.25) is 0 Å². The molecular weight excluding hydrogens is 250 g/mol. The van der Waals surface area contributed by atoms with E-state index in [9.17, 15) is 5.11 Å². The Bertz CT molecular complexity index is 781. The number of benzene rings is 2. The number of phenols is 1. The maximum Gasteiger partial charge on any atom is 0.131 e. The van der Waals surface area contributed by atoms with Crippen LogP contribution < -0.4 is 4.74 Å². The van der Waals surface area contributed by atoms with Crippen LogP contribution in [0.1, 0.15) is 5.56 Å². The molecule has 2 aromatic carbocycles. The van der Waals surface area contributed by atoms with Crippen LogP contribution >= 0.6 is 0 Å². The molecule has 0 atom stereocenters. The number of aromatic nitrogens is 1. The van der Waals surface area contributed by atoms with E-state index in [4.69, 9.17) is 4.74 Å². The molecule has 0 aliphatic rings. The summed E-state index contributed by atoms with van der Waals surface area (Å²) >= 11 is 0. The van der Waals surface area contributed by atoms with Gasteiger partial charge in [-0.1, -0.05) is 23.8 Å². The van der Waals surface area contributed by atoms with E-state index in [1.807, 2.05) is 24.3 Å². The molecule has 0 radical (unpaired) electrons. The van der Waals surface area contributed by atoms with Crippen molar-refractivity contribution >= 4 is 10.9 Å². The molecule has 0 saturated carbocycles. The number of fused-ring (bicyclic) bond motifs is 1. The van der Waals surface area contributed by atoms with E-state index in [-0.39, 0.29) is 5.75 Å². The van der Waals surface area contributed by atoms with Crippen LogP contribution in [0, 0.1) is 6.92 Å². The van der Waals surface area contributed by atoms with E-state index >= 15 is 0 Å². The largest absolute Gasteiger partial charge is 0.508 e. The van der Waals surface area contributed by atoms with E-state index in [2.05, 4.69) is 24.0 Å². The minimum atomic E-state index is 0.156. The number of aromatic hydroxyl groups is 1. The highest BCUT2D eigenvalue weighted by molar-refractivity contribution is 5.88. The molecule has 1 N–H and O–H groups in total. The number of pyridine rings is 1. The van der Waals surface area contributed by atoms with Gasteiger partial charge in [0.05, 0.1) is 18.3 Å². The topological polar surface area (TPSA) is 42.4 Å². The molecule has 0 amide bonds. The molecule has 3 rings (SSSR count). The van der Waals surface area contributed by atoms with Crippen molar-refractivity contribution in [2.75, 3.05) is 7.11 Å². The summed E-state index contributed by atoms with van der Waals surface area (Å²) in [6, 6.07) is 15.4. The Morgan fingerprint density at radius 1 is 1.05 bits per heavy atom. The number of nitrogens with zero attached hydrogens (tertiary/aromatic N) is 1. The van der Waals surface area contributed by atoms with Crippen molar-refractivity contribution < 1.29 is 9.84 Å². The van der Waals surface area contributed by atoms with Gasteiger partial charge in [0, 0.05) is 23.1 Å². The summed E-state index contributed by atoms with van der Waals surface area (Å²) < 4.78 is 5.27. The molecule has 3 heteroatoms. The zero-order chi connectivity index (χ0) is 14.1. The number of ether oxygens (including phenoxy) is 1. The lowest BCUT2D eigenvalue weighted by atomic mass is 10.1. The van der Waals surface area contributed by atoms with E-state index in [0.717, 1.165) is 22.2 Å². The molecule has 100 valence electrons. The van der Waals surface area contributed by atoms with Gasteiger partial charge in [-0.2, -0.15) is 0 Å². The second-order valence-electron chi connectivity index (χ2n) is 4.78. The molecular formula is C17H15NO2. The SMILES string of the molecule is COc1cc(O)cc2nc(-c3cccc(C)c3)ccc12. The van der Waals surface area contributed by atoms with Gasteiger partial charge in [-0.25, -0.2) is 4.98 Å². The maximum atomic E-state index is 9.73. The van der Waals surface area contributed by atoms with Crippen LogP contribution in [-0.2, 0) is 0 Å². The lowest BCUT2D eigenvalue weighted by Gasteiger charge is -2.08. The number of hydrogen-bond acceptors (Lipinski definition) is 3. The van der Waals surface area contributed by atoms with Gasteiger partial charge in [0.15, 0.2) is 0 Å². The third-order valence-electron chi connectivity index (χ3n) is 3.29. The Kier molecular flexibility index (Phi) is 3.03. The molecule has 0 saturated heterocycles. The number of hydrogen-bond donors (Lipinski definition) is 1. The summed E-state index contributed by atoms with van der Waals surface area (Å²) in [5.41, 5.74) is 3.86. The molecule has 3 nitrogen and oxygen atoms in total. The van der Waals surface area contributed by atoms with E-state index < -0.39 is 0 Å². The summed E-state index contributed by atoms with van der Waals surface area (Å²) in [6.45, 7) is 2.05. The van der Waals surface area contributed by atoms with Crippen LogP contribution in [0.4, 0.5) is 0 Å². The lowest BCUT2D eigenvalue weighted by Crippen LogP contribution is -1.89. The summed E-state index contributed by atoms with van der Waals surface area (Å²) in [6.07, 6.45) is 0. The predicted octanol–water partition coefficient (Wildman–Crippen LogP) is 3.92. The van der Waals surface area contributed by atoms with Crippen molar-refractivity contribution in [3.8, 4) is 22.8 Å². The Labute approximate surface area is 117 Å². The number of methoxy groups -OCH3 is 1. The highest BCUT2D eigenvalue weighted by Crippen LogP contribution is 2.31. The number of rotatable bonds is 2. The third kappa shape index (κ3) is 2.18. The molecule has 3 aromatic rings. The molecule has 1 aromatic heterocycles. The molecule has 0 unspecified atom stereocenters. The average molecular weight is 265 g/mol. The minimum absolute atomic E-state index is 0.156. The second-order valence-corrected chi connectivity index (χ2v) is 4.78. The molecule has 0 spiro atoms. The van der Waals surface area contributed by atoms with Crippen LogP contribution in [0.3, 0.4) is 0 Å². The zero-order valence-electron chi connectivity index (χ0n) is 11.4. The standard InChI is InChI=1S/C17H15NO2/c1-11-4-3-5-12(8-11)15-7-6-14-16(18-15)9-13(19)10-17(14)20-2/h3-10,19H,1-2H3. The fraction of sp³-hybridized carbons (Fsp3) is 0.118. The van der Waals surface area contributed by atoms with Crippen molar-refractivity contribution in [1.82, 2.24) is 4.98 Å². The molecule has 1 heterocycles. The van der Waals surface area contributed by atoms with Gasteiger partial charge < -0.3 is 9.84 Å². The van der Waals surface area contributed by atoms with E-state index in [1.54, 1.807) is 19.2 Å². The monoisotopic (exact) mass is 265 g/mol. The van der Waals surface area contributed by atoms with Crippen LogP contribution in [-0.4, -0.2) is 17.2 Å². The summed E-state index contributed by atoms with van der Waals surface area (Å²) in [4.78, 5) is 4.62. The van der Waals surface area contributed by atoms with Crippen LogP contribution in [0.15, 0.2) is 48.5 Å². The van der Waals surface area contributed by atoms with Crippen LogP contribution in [0.2, 0.25) is 0 Å². The minimum Gasteiger partial charge on any atom is -0.508 e. The van der Waals surface area contributed by atoms with Gasteiger partial charge in [0.25, 0.3) is 0 Å². The van der Waals surface area contributed by atoms with Crippen molar-refractivity contribution in [3.63, 3.8) is 0 Å². The van der Waals surface area contributed by atoms with Crippen molar-refractivity contribution in [2.24, 2.45) is 0 Å². The first-order valence-corrected chi connectivity index (χ1v) is 6.42. The summed E-state index contributed by atoms with van der Waals surface area (Å²) in [7, 11) is 1.59. The van der Waals surface area contributed by atoms with Gasteiger partial charge in [-0.05, 0) is 25.1 Å². The molecule has 0 bridgehead atoms. The normalized spacial score (nSPS) is 10.7. The summed E-state index contributed by atoms with van der Waals surface area (Å²) in [5.74, 6) is 0.784. The second kappa shape index (κ2) is 4.85. The zero-order valence-corrected chi connectivity index (χ0v) is 11.4. The first-order valence-electron chi connectivity index (χ1n) is 6.42. The Hall–Kier alpha value is -2.55. The first-order chi connectivity index (χ1) is 9.67. The molecule has 0 aliphatic carbocycles. The fourth-order valence-corrected chi connectivity index (χ4v) is 2.32. The first kappa shape index (κ1) is 12.5. The van der Waals surface area contributed by atoms with Crippen molar-refractivity contribution in [3.05, 3.63) is 54.1 Å². The van der Waals surface area contributed by atoms with Crippen LogP contribution in [0.5, 0.6) is 11.5 Å². The van der Waals surface area contributed by atoms with Gasteiger partial charge in [-0.15, -0.1) is 0 Å². The van der Waals surface area contributed by atoms with Gasteiger partial charge in [0.1, 0.15) is 11.5 Å². The van der Waals surface area contributed by atoms with Gasteiger partial charge in [0.2, 0.25) is 0 Å². The molecule has 20 heavy (non-hydrogen) atoms. The Morgan fingerprint density at radius 3 is 2.65 bits per heavy atom. The number of aryl methyl sites for hydroxylation is 1.